The number of nitrogens with zero attached hydrogens (tertiary/aromatic N) is 4. The average molecular weight is 1160 g/mol. The second kappa shape index (κ2) is 24.7. The minimum Gasteiger partial charge on any atom is -0.496 e. The number of ether oxygens (including phenoxy) is 6. The van der Waals surface area contributed by atoms with Crippen molar-refractivity contribution in [2.24, 2.45) is 0 Å². The van der Waals surface area contributed by atoms with Gasteiger partial charge in [0.2, 0.25) is 0 Å². The first-order valence-electron chi connectivity index (χ1n) is 21.5. The highest BCUT2D eigenvalue weighted by Gasteiger charge is 2.27. The molecule has 0 saturated heterocycles. The van der Waals surface area contributed by atoms with Gasteiger partial charge in [0.25, 0.3) is 0 Å². The minimum absolute atomic E-state index is 0.125. The number of halogens is 2. The number of carboxylic acid groups (broad SMARTS) is 2. The summed E-state index contributed by atoms with van der Waals surface area (Å²) in [7, 11) is 6.00. The van der Waals surface area contributed by atoms with E-state index in [0.717, 1.165) is 29.9 Å². The van der Waals surface area contributed by atoms with E-state index in [-0.39, 0.29) is 35.3 Å². The number of imidazole rings is 2. The maximum Gasteiger partial charge on any atom is 0.342 e. The lowest BCUT2D eigenvalue weighted by molar-refractivity contribution is 0.0363. The Hall–Kier alpha value is -6.16. The number of hydrogen-bond acceptors (Lipinski definition) is 12. The van der Waals surface area contributed by atoms with Crippen molar-refractivity contribution in [3.8, 4) is 34.4 Å². The molecule has 0 unspecified atom stereocenters. The Bertz CT molecular complexity index is 2710. The number of esters is 2. The summed E-state index contributed by atoms with van der Waals surface area (Å²) in [6.07, 6.45) is 12.0. The molecular formula is C50H54I2N4O12. The van der Waals surface area contributed by atoms with Gasteiger partial charge in [0.1, 0.15) is 45.3 Å². The first-order chi connectivity index (χ1) is 32.5. The Morgan fingerprint density at radius 2 is 0.853 bits per heavy atom. The standard InChI is InChI=1S/C17H20N2O3.C14H14N2O3.C11H13IO3.C8H7IO3/c1-11(2)22-17(20)14-8-13(6-7-16(14)21-3)19-9-15(18-10-19)12-4-5-12;1-19-13-5-4-10(6-11(13)14(17)18)16-7-12(15-8-16)9-2-3-9;1-7(2)15-11(13)9-6-8(12)4-5-10(9)14-3;1-12-7-3-2-5(9)4-6(7)8(10)11/h6-12H,4-5H2,1-3H3;4-9H,2-3H2,1H3,(H,17,18);4-7H,1-3H3;2-4H,1H3,(H,10,11). The molecule has 2 heterocycles. The van der Waals surface area contributed by atoms with Crippen molar-refractivity contribution in [1.29, 1.82) is 0 Å². The van der Waals surface area contributed by atoms with E-state index in [4.69, 9.17) is 38.6 Å². The quantitative estimate of drug-likeness (QED) is 0.0771. The Morgan fingerprint density at radius 3 is 1.21 bits per heavy atom. The molecule has 0 spiro atoms. The Morgan fingerprint density at radius 1 is 0.529 bits per heavy atom. The fourth-order valence-corrected chi connectivity index (χ4v) is 7.40. The largest absolute Gasteiger partial charge is 0.496 e. The van der Waals surface area contributed by atoms with Crippen LogP contribution in [0.15, 0.2) is 97.8 Å². The first kappa shape index (κ1) is 52.8. The van der Waals surface area contributed by atoms with Gasteiger partial charge in [-0.25, -0.2) is 29.1 Å². The van der Waals surface area contributed by atoms with Crippen LogP contribution in [0.1, 0.15) is 118 Å². The molecule has 18 heteroatoms. The molecule has 2 aliphatic carbocycles. The number of carboxylic acids is 2. The van der Waals surface area contributed by atoms with E-state index in [1.165, 1.54) is 47.0 Å². The highest BCUT2D eigenvalue weighted by atomic mass is 127. The van der Waals surface area contributed by atoms with E-state index in [1.54, 1.807) is 74.4 Å². The van der Waals surface area contributed by atoms with E-state index < -0.39 is 11.9 Å². The number of hydrogen-bond donors (Lipinski definition) is 2. The number of methoxy groups -OCH3 is 4. The van der Waals surface area contributed by atoms with Crippen molar-refractivity contribution in [3.05, 3.63) is 139 Å². The Kier molecular flexibility index (Phi) is 19.2. The van der Waals surface area contributed by atoms with Gasteiger partial charge in [0.15, 0.2) is 0 Å². The second-order valence-corrected chi connectivity index (χ2v) is 18.4. The molecule has 2 aliphatic rings. The lowest BCUT2D eigenvalue weighted by Crippen LogP contribution is -2.13. The molecule has 0 amide bonds. The lowest BCUT2D eigenvalue weighted by atomic mass is 10.1. The number of aromatic nitrogens is 4. The van der Waals surface area contributed by atoms with Crippen molar-refractivity contribution in [2.75, 3.05) is 28.4 Å². The van der Waals surface area contributed by atoms with E-state index in [0.29, 0.717) is 46.0 Å². The smallest absolute Gasteiger partial charge is 0.342 e. The second-order valence-electron chi connectivity index (χ2n) is 15.9. The molecule has 6 aromatic rings. The third kappa shape index (κ3) is 14.9. The average Bonchev–Trinajstić information content (AvgIpc) is 4.25. The highest BCUT2D eigenvalue weighted by Crippen LogP contribution is 2.40. The predicted octanol–water partition coefficient (Wildman–Crippen LogP) is 10.6. The summed E-state index contributed by atoms with van der Waals surface area (Å²) < 4.78 is 36.3. The van der Waals surface area contributed by atoms with Crippen LogP contribution >= 0.6 is 45.2 Å². The molecule has 2 aromatic heterocycles. The molecule has 2 fully saturated rings. The predicted molar refractivity (Wildman–Crippen MR) is 271 cm³/mol. The third-order valence-corrected chi connectivity index (χ3v) is 11.4. The molecule has 360 valence electrons. The molecule has 0 aliphatic heterocycles. The van der Waals surface area contributed by atoms with E-state index in [2.05, 4.69) is 55.1 Å². The number of carbonyl (C=O) groups is 4. The summed E-state index contributed by atoms with van der Waals surface area (Å²) >= 11 is 4.20. The fourth-order valence-electron chi connectivity index (χ4n) is 6.42. The summed E-state index contributed by atoms with van der Waals surface area (Å²) in [5.41, 5.74) is 5.09. The molecule has 2 saturated carbocycles. The van der Waals surface area contributed by atoms with Crippen LogP contribution in [0.2, 0.25) is 0 Å². The zero-order valence-corrected chi connectivity index (χ0v) is 43.2. The number of benzene rings is 4. The van der Waals surface area contributed by atoms with Crippen LogP contribution in [-0.4, -0.2) is 93.8 Å². The minimum atomic E-state index is -0.999. The first-order valence-corrected chi connectivity index (χ1v) is 23.6. The van der Waals surface area contributed by atoms with Crippen LogP contribution in [0.3, 0.4) is 0 Å². The van der Waals surface area contributed by atoms with Gasteiger partial charge in [-0.3, -0.25) is 0 Å². The molecule has 0 bridgehead atoms. The van der Waals surface area contributed by atoms with Gasteiger partial charge in [-0.2, -0.15) is 0 Å². The van der Waals surface area contributed by atoms with Gasteiger partial charge in [0.05, 0.1) is 64.7 Å². The van der Waals surface area contributed by atoms with Crippen molar-refractivity contribution in [1.82, 2.24) is 19.1 Å². The summed E-state index contributed by atoms with van der Waals surface area (Å²) in [5.74, 6) is 0.297. The number of rotatable bonds is 14. The van der Waals surface area contributed by atoms with E-state index in [1.807, 2.05) is 67.4 Å². The van der Waals surface area contributed by atoms with Gasteiger partial charge in [-0.05, 0) is 171 Å². The summed E-state index contributed by atoms with van der Waals surface area (Å²) in [5, 5.41) is 17.9. The fraction of sp³-hybridized carbons (Fsp3) is 0.320. The molecule has 0 radical (unpaired) electrons. The molecule has 8 rings (SSSR count). The molecule has 68 heavy (non-hydrogen) atoms. The summed E-state index contributed by atoms with van der Waals surface area (Å²) in [6, 6.07) is 21.0. The van der Waals surface area contributed by atoms with Crippen molar-refractivity contribution in [3.63, 3.8) is 0 Å². The van der Waals surface area contributed by atoms with Crippen LogP contribution in [0.25, 0.3) is 11.4 Å². The van der Waals surface area contributed by atoms with Crippen LogP contribution in [-0.2, 0) is 9.47 Å². The molecule has 16 nitrogen and oxygen atoms in total. The SMILES string of the molecule is COc1ccc(-n2cnc(C3CC3)c2)cc1C(=O)O.COc1ccc(-n2cnc(C3CC3)c2)cc1C(=O)OC(C)C.COc1ccc(I)cc1C(=O)O.COc1ccc(I)cc1C(=O)OC(C)C. The Labute approximate surface area is 422 Å². The molecule has 4 aromatic carbocycles. The number of aromatic carboxylic acids is 2. The van der Waals surface area contributed by atoms with Gasteiger partial charge in [-0.15, -0.1) is 0 Å². The van der Waals surface area contributed by atoms with E-state index >= 15 is 0 Å². The van der Waals surface area contributed by atoms with Crippen LogP contribution in [0.4, 0.5) is 0 Å². The van der Waals surface area contributed by atoms with Gasteiger partial charge in [0, 0.05) is 42.7 Å². The molecule has 2 N–H and O–H groups in total. The zero-order chi connectivity index (χ0) is 49.7. The molecule has 0 atom stereocenters. The Balaban J connectivity index is 0.000000174. The maximum atomic E-state index is 12.2. The van der Waals surface area contributed by atoms with Crippen molar-refractivity contribution < 1.29 is 57.8 Å². The van der Waals surface area contributed by atoms with Gasteiger partial charge >= 0.3 is 23.9 Å². The van der Waals surface area contributed by atoms with Crippen LogP contribution < -0.4 is 18.9 Å². The summed E-state index contributed by atoms with van der Waals surface area (Å²) in [4.78, 5) is 54.5. The topological polar surface area (TPSA) is 200 Å². The van der Waals surface area contributed by atoms with Crippen molar-refractivity contribution >= 4 is 69.1 Å². The normalized spacial score (nSPS) is 12.5. The summed E-state index contributed by atoms with van der Waals surface area (Å²) in [6.45, 7) is 7.29. The highest BCUT2D eigenvalue weighted by molar-refractivity contribution is 14.1. The third-order valence-electron chi connectivity index (χ3n) is 10.1. The van der Waals surface area contributed by atoms with Crippen LogP contribution in [0, 0.1) is 7.14 Å². The number of carbonyl (C=O) groups excluding carboxylic acids is 2. The van der Waals surface area contributed by atoms with E-state index in [9.17, 15) is 19.2 Å². The van der Waals surface area contributed by atoms with Crippen LogP contribution in [0.5, 0.6) is 23.0 Å². The van der Waals surface area contributed by atoms with Crippen molar-refractivity contribution in [2.45, 2.75) is 77.4 Å². The van der Waals surface area contributed by atoms with Gasteiger partial charge in [-0.1, -0.05) is 0 Å². The van der Waals surface area contributed by atoms with Gasteiger partial charge < -0.3 is 47.8 Å². The lowest BCUT2D eigenvalue weighted by Gasteiger charge is -2.12. The molecular weight excluding hydrogens is 1100 g/mol. The maximum absolute atomic E-state index is 12.2. The zero-order valence-electron chi connectivity index (χ0n) is 38.9. The monoisotopic (exact) mass is 1160 g/mol.